The van der Waals surface area contributed by atoms with Crippen LogP contribution < -0.4 is 0 Å². The van der Waals surface area contributed by atoms with Crippen LogP contribution in [0.4, 0.5) is 5.69 Å². The van der Waals surface area contributed by atoms with E-state index >= 15 is 0 Å². The predicted molar refractivity (Wildman–Crippen MR) is 85.8 cm³/mol. The van der Waals surface area contributed by atoms with Crippen molar-refractivity contribution in [2.45, 2.75) is 24.5 Å². The van der Waals surface area contributed by atoms with E-state index in [-0.39, 0.29) is 5.25 Å². The van der Waals surface area contributed by atoms with Gasteiger partial charge in [0.2, 0.25) is 5.89 Å². The molecule has 5 nitrogen and oxygen atoms in total. The van der Waals surface area contributed by atoms with E-state index < -0.39 is 0 Å². The summed E-state index contributed by atoms with van der Waals surface area (Å²) < 4.78 is 11.3. The highest BCUT2D eigenvalue weighted by atomic mass is 32.2. The van der Waals surface area contributed by atoms with E-state index in [1.165, 1.54) is 5.56 Å². The molecule has 0 spiro atoms. The molecule has 3 rings (SSSR count). The van der Waals surface area contributed by atoms with Crippen LogP contribution >= 0.6 is 23.5 Å². The van der Waals surface area contributed by atoms with Crippen molar-refractivity contribution in [1.82, 2.24) is 10.1 Å². The summed E-state index contributed by atoms with van der Waals surface area (Å²) in [6.45, 7) is 2.41. The minimum absolute atomic E-state index is 0.0691. The van der Waals surface area contributed by atoms with E-state index in [4.69, 9.17) is 9.26 Å². The topological polar surface area (TPSA) is 60.5 Å². The Labute approximate surface area is 131 Å². The number of para-hydroxylation sites is 1. The number of benzene rings is 1. The zero-order chi connectivity index (χ0) is 14.7. The number of hydrogen-bond donors (Lipinski definition) is 0. The molecule has 0 N–H and O–H groups in total. The molecule has 2 heterocycles. The molecule has 1 aromatic carbocycles. The lowest BCUT2D eigenvalue weighted by Crippen LogP contribution is -1.99. The molecule has 0 amide bonds. The normalized spacial score (nSPS) is 15.4. The number of hydrogen-bond acceptors (Lipinski definition) is 7. The van der Waals surface area contributed by atoms with Crippen LogP contribution in [0.1, 0.15) is 29.5 Å². The second kappa shape index (κ2) is 6.64. The number of nitrogens with zero attached hydrogens (tertiary/aromatic N) is 3. The molecule has 110 valence electrons. The summed E-state index contributed by atoms with van der Waals surface area (Å²) in [5.41, 5.74) is 2.33. The first kappa shape index (κ1) is 14.6. The molecular weight excluding hydrogens is 306 g/mol. The molecule has 0 radical (unpaired) electrons. The fraction of sp³-hybridized carbons (Fsp3) is 0.357. The van der Waals surface area contributed by atoms with Crippen LogP contribution in [0.25, 0.3) is 0 Å². The van der Waals surface area contributed by atoms with Gasteiger partial charge in [-0.1, -0.05) is 46.9 Å². The summed E-state index contributed by atoms with van der Waals surface area (Å²) >= 11 is 3.39. The Morgan fingerprint density at radius 3 is 3.14 bits per heavy atom. The molecule has 1 aliphatic rings. The van der Waals surface area contributed by atoms with Crippen LogP contribution in [0.2, 0.25) is 0 Å². The summed E-state index contributed by atoms with van der Waals surface area (Å²) in [5.74, 6) is 2.13. The lowest BCUT2D eigenvalue weighted by Gasteiger charge is -2.15. The molecule has 0 saturated heterocycles. The second-order valence-corrected chi connectivity index (χ2v) is 7.09. The van der Waals surface area contributed by atoms with Gasteiger partial charge in [-0.05, 0) is 18.6 Å². The van der Waals surface area contributed by atoms with E-state index in [0.717, 1.165) is 15.8 Å². The molecule has 1 atom stereocenters. The Bertz CT molecular complexity index is 657. The first-order valence-electron chi connectivity index (χ1n) is 6.53. The van der Waals surface area contributed by atoms with Gasteiger partial charge in [-0.2, -0.15) is 4.98 Å². The van der Waals surface area contributed by atoms with E-state index in [1.54, 1.807) is 30.6 Å². The number of ether oxygens (including phenoxy) is 1. The number of methoxy groups -OCH3 is 1. The van der Waals surface area contributed by atoms with Crippen molar-refractivity contribution in [1.29, 1.82) is 0 Å². The summed E-state index contributed by atoms with van der Waals surface area (Å²) in [7, 11) is 1.61. The molecule has 0 unspecified atom stereocenters. The van der Waals surface area contributed by atoms with Crippen LogP contribution in [-0.2, 0) is 17.1 Å². The van der Waals surface area contributed by atoms with Crippen LogP contribution in [0.5, 0.6) is 0 Å². The molecule has 0 saturated carbocycles. The quantitative estimate of drug-likeness (QED) is 0.850. The molecule has 21 heavy (non-hydrogen) atoms. The van der Waals surface area contributed by atoms with Crippen LogP contribution in [-0.4, -0.2) is 21.6 Å². The monoisotopic (exact) mass is 321 g/mol. The maximum atomic E-state index is 5.26. The Morgan fingerprint density at radius 1 is 1.43 bits per heavy atom. The van der Waals surface area contributed by atoms with Gasteiger partial charge in [-0.15, -0.1) is 0 Å². The fourth-order valence-corrected chi connectivity index (χ4v) is 4.11. The molecule has 1 aromatic heterocycles. The van der Waals surface area contributed by atoms with Crippen molar-refractivity contribution in [3.05, 3.63) is 41.5 Å². The maximum Gasteiger partial charge on any atom is 0.240 e. The van der Waals surface area contributed by atoms with E-state index in [0.29, 0.717) is 18.3 Å². The Kier molecular flexibility index (Phi) is 4.62. The SMILES string of the molecule is COCc1noc([C@H](C)SC2=Nc3ccccc3CS2)n1. The molecule has 7 heteroatoms. The average molecular weight is 321 g/mol. The zero-order valence-corrected chi connectivity index (χ0v) is 13.4. The van der Waals surface area contributed by atoms with Crippen LogP contribution in [0, 0.1) is 0 Å². The standard InChI is InChI=1S/C14H15N3O2S2/c1-9(13-16-12(7-18-2)17-19-13)21-14-15-11-6-4-3-5-10(11)8-20-14/h3-6,9H,7-8H2,1-2H3/t9-/m0/s1. The van der Waals surface area contributed by atoms with Gasteiger partial charge in [0.05, 0.1) is 10.9 Å². The number of thioether (sulfide) groups is 2. The van der Waals surface area contributed by atoms with Gasteiger partial charge in [-0.3, -0.25) is 0 Å². The minimum atomic E-state index is 0.0691. The molecule has 0 aliphatic carbocycles. The summed E-state index contributed by atoms with van der Waals surface area (Å²) in [6, 6.07) is 8.22. The van der Waals surface area contributed by atoms with Gasteiger partial charge in [0.15, 0.2) is 5.82 Å². The Hall–Kier alpha value is -1.31. The van der Waals surface area contributed by atoms with Crippen molar-refractivity contribution >= 4 is 33.6 Å². The third-order valence-corrected chi connectivity index (χ3v) is 5.22. The van der Waals surface area contributed by atoms with Gasteiger partial charge in [-0.25, -0.2) is 4.99 Å². The number of aliphatic imine (C=N–C) groups is 1. The fourth-order valence-electron chi connectivity index (χ4n) is 1.89. The first-order chi connectivity index (χ1) is 10.3. The lowest BCUT2D eigenvalue weighted by molar-refractivity contribution is 0.174. The van der Waals surface area contributed by atoms with E-state index in [1.807, 2.05) is 25.1 Å². The summed E-state index contributed by atoms with van der Waals surface area (Å²) in [6.07, 6.45) is 0. The van der Waals surface area contributed by atoms with Crippen molar-refractivity contribution in [2.75, 3.05) is 7.11 Å². The molecule has 1 aliphatic heterocycles. The minimum Gasteiger partial charge on any atom is -0.377 e. The van der Waals surface area contributed by atoms with Gasteiger partial charge in [0, 0.05) is 12.9 Å². The average Bonchev–Trinajstić information content (AvgIpc) is 2.96. The largest absolute Gasteiger partial charge is 0.377 e. The third kappa shape index (κ3) is 3.48. The van der Waals surface area contributed by atoms with Gasteiger partial charge in [0.1, 0.15) is 11.0 Å². The molecule has 0 bridgehead atoms. The van der Waals surface area contributed by atoms with E-state index in [2.05, 4.69) is 21.2 Å². The number of fused-ring (bicyclic) bond motifs is 1. The number of rotatable bonds is 4. The van der Waals surface area contributed by atoms with Gasteiger partial charge < -0.3 is 9.26 Å². The number of aromatic nitrogens is 2. The molecule has 2 aromatic rings. The van der Waals surface area contributed by atoms with E-state index in [9.17, 15) is 0 Å². The Balaban J connectivity index is 1.70. The van der Waals surface area contributed by atoms with Crippen LogP contribution in [0.15, 0.2) is 33.8 Å². The van der Waals surface area contributed by atoms with Gasteiger partial charge in [0.25, 0.3) is 0 Å². The highest BCUT2D eigenvalue weighted by Crippen LogP contribution is 2.39. The third-order valence-electron chi connectivity index (χ3n) is 2.94. The lowest BCUT2D eigenvalue weighted by atomic mass is 10.2. The van der Waals surface area contributed by atoms with Crippen LogP contribution in [0.3, 0.4) is 0 Å². The Morgan fingerprint density at radius 2 is 2.29 bits per heavy atom. The van der Waals surface area contributed by atoms with Crippen molar-refractivity contribution in [3.8, 4) is 0 Å². The first-order valence-corrected chi connectivity index (χ1v) is 8.40. The van der Waals surface area contributed by atoms with Crippen molar-refractivity contribution in [2.24, 2.45) is 4.99 Å². The molecular formula is C14H15N3O2S2. The smallest absolute Gasteiger partial charge is 0.240 e. The summed E-state index contributed by atoms with van der Waals surface area (Å²) in [5, 5.41) is 3.95. The zero-order valence-electron chi connectivity index (χ0n) is 11.8. The van der Waals surface area contributed by atoms with Crippen molar-refractivity contribution in [3.63, 3.8) is 0 Å². The highest BCUT2D eigenvalue weighted by Gasteiger charge is 2.20. The summed E-state index contributed by atoms with van der Waals surface area (Å²) in [4.78, 5) is 9.00. The van der Waals surface area contributed by atoms with Gasteiger partial charge >= 0.3 is 0 Å². The predicted octanol–water partition coefficient (Wildman–Crippen LogP) is 3.94. The second-order valence-electron chi connectivity index (χ2n) is 4.54. The highest BCUT2D eigenvalue weighted by molar-refractivity contribution is 8.38. The van der Waals surface area contributed by atoms with Crippen molar-refractivity contribution < 1.29 is 9.26 Å². The molecule has 0 fully saturated rings. The maximum absolute atomic E-state index is 5.26.